The lowest BCUT2D eigenvalue weighted by Gasteiger charge is -2.36. The van der Waals surface area contributed by atoms with Gasteiger partial charge in [-0.3, -0.25) is 9.52 Å². The van der Waals surface area contributed by atoms with Crippen LogP contribution in [0.25, 0.3) is 0 Å². The van der Waals surface area contributed by atoms with Gasteiger partial charge in [-0.2, -0.15) is 0 Å². The lowest BCUT2D eigenvalue weighted by molar-refractivity contribution is 0.0746. The number of nitrogens with zero attached hydrogens (tertiary/aromatic N) is 2. The average Bonchev–Trinajstić information content (AvgIpc) is 2.88. The Balaban J connectivity index is 1.41. The SMILES string of the molecule is COc1ccccc1N1CCN(C(=O)c2ccc(NS(=O)(=O)c3cc(Br)ccc3OC)cc2)CC1. The Kier molecular flexibility index (Phi) is 7.51. The van der Waals surface area contributed by atoms with Crippen molar-refractivity contribution in [1.29, 1.82) is 0 Å². The van der Waals surface area contributed by atoms with Crippen molar-refractivity contribution in [2.24, 2.45) is 0 Å². The second kappa shape index (κ2) is 10.6. The molecule has 0 aromatic heterocycles. The van der Waals surface area contributed by atoms with Crippen LogP contribution in [-0.2, 0) is 10.0 Å². The fraction of sp³-hybridized carbons (Fsp3) is 0.240. The molecule has 0 radical (unpaired) electrons. The van der Waals surface area contributed by atoms with Crippen LogP contribution in [0.15, 0.2) is 76.1 Å². The van der Waals surface area contributed by atoms with Crippen molar-refractivity contribution in [2.75, 3.05) is 50.0 Å². The van der Waals surface area contributed by atoms with Gasteiger partial charge < -0.3 is 19.3 Å². The van der Waals surface area contributed by atoms with E-state index >= 15 is 0 Å². The van der Waals surface area contributed by atoms with Gasteiger partial charge in [0, 0.05) is 41.9 Å². The van der Waals surface area contributed by atoms with Gasteiger partial charge in [-0.25, -0.2) is 8.42 Å². The summed E-state index contributed by atoms with van der Waals surface area (Å²) in [5, 5.41) is 0. The summed E-state index contributed by atoms with van der Waals surface area (Å²) in [5.74, 6) is 0.957. The van der Waals surface area contributed by atoms with Gasteiger partial charge >= 0.3 is 0 Å². The zero-order valence-corrected chi connectivity index (χ0v) is 21.8. The zero-order valence-electron chi connectivity index (χ0n) is 19.4. The number of benzene rings is 3. The molecule has 0 aliphatic carbocycles. The summed E-state index contributed by atoms with van der Waals surface area (Å²) in [5.41, 5.74) is 1.86. The molecule has 10 heteroatoms. The molecular weight excluding hydrogens is 534 g/mol. The quantitative estimate of drug-likeness (QED) is 0.466. The number of carbonyl (C=O) groups excluding carboxylic acids is 1. The fourth-order valence-electron chi connectivity index (χ4n) is 3.98. The van der Waals surface area contributed by atoms with Crippen LogP contribution < -0.4 is 19.1 Å². The van der Waals surface area contributed by atoms with Crippen LogP contribution in [0, 0.1) is 0 Å². The van der Waals surface area contributed by atoms with Gasteiger partial charge in [0.15, 0.2) is 0 Å². The van der Waals surface area contributed by atoms with Gasteiger partial charge in [-0.05, 0) is 54.6 Å². The molecule has 184 valence electrons. The van der Waals surface area contributed by atoms with E-state index in [9.17, 15) is 13.2 Å². The smallest absolute Gasteiger partial charge is 0.265 e. The third-order valence-electron chi connectivity index (χ3n) is 5.79. The van der Waals surface area contributed by atoms with Crippen molar-refractivity contribution in [3.05, 3.63) is 76.8 Å². The van der Waals surface area contributed by atoms with Gasteiger partial charge in [-0.1, -0.05) is 28.1 Å². The summed E-state index contributed by atoms with van der Waals surface area (Å²) in [6, 6.07) is 19.0. The summed E-state index contributed by atoms with van der Waals surface area (Å²) >= 11 is 3.29. The van der Waals surface area contributed by atoms with Crippen LogP contribution in [0.4, 0.5) is 11.4 Å². The standard InChI is InChI=1S/C25H26BrN3O5S/c1-33-22-6-4-3-5-21(22)28-13-15-29(16-14-28)25(30)18-7-10-20(11-8-18)27-35(31,32)24-17-19(26)9-12-23(24)34-2/h3-12,17,27H,13-16H2,1-2H3. The molecule has 0 unspecified atom stereocenters. The summed E-state index contributed by atoms with van der Waals surface area (Å²) in [6.07, 6.45) is 0. The Bertz CT molecular complexity index is 1310. The Labute approximate surface area is 213 Å². The Morgan fingerprint density at radius 3 is 2.20 bits per heavy atom. The first kappa shape index (κ1) is 24.9. The first-order valence-corrected chi connectivity index (χ1v) is 13.2. The Hall–Kier alpha value is -3.24. The highest BCUT2D eigenvalue weighted by Gasteiger charge is 2.24. The summed E-state index contributed by atoms with van der Waals surface area (Å²) in [7, 11) is -0.821. The van der Waals surface area contributed by atoms with Crippen molar-refractivity contribution in [3.63, 3.8) is 0 Å². The highest BCUT2D eigenvalue weighted by atomic mass is 79.9. The fourth-order valence-corrected chi connectivity index (χ4v) is 5.74. The molecule has 1 aliphatic heterocycles. The number of nitrogens with one attached hydrogen (secondary N) is 1. The van der Waals surface area contributed by atoms with Crippen LogP contribution in [-0.4, -0.2) is 59.6 Å². The highest BCUT2D eigenvalue weighted by Crippen LogP contribution is 2.30. The molecule has 0 bridgehead atoms. The lowest BCUT2D eigenvalue weighted by atomic mass is 10.1. The van der Waals surface area contributed by atoms with Gasteiger partial charge in [0.1, 0.15) is 16.4 Å². The molecule has 3 aromatic carbocycles. The van der Waals surface area contributed by atoms with Crippen LogP contribution in [0.1, 0.15) is 10.4 Å². The molecule has 1 aliphatic rings. The number of hydrogen-bond donors (Lipinski definition) is 1. The molecule has 1 saturated heterocycles. The first-order valence-electron chi connectivity index (χ1n) is 11.0. The molecule has 0 atom stereocenters. The van der Waals surface area contributed by atoms with Crippen LogP contribution >= 0.6 is 15.9 Å². The number of sulfonamides is 1. The monoisotopic (exact) mass is 559 g/mol. The van der Waals surface area contributed by atoms with E-state index in [4.69, 9.17) is 9.47 Å². The summed E-state index contributed by atoms with van der Waals surface area (Å²) in [4.78, 5) is 17.1. The molecule has 0 saturated carbocycles. The molecule has 1 heterocycles. The van der Waals surface area contributed by atoms with Crippen molar-refractivity contribution < 1.29 is 22.7 Å². The van der Waals surface area contributed by atoms with Crippen molar-refractivity contribution >= 4 is 43.2 Å². The van der Waals surface area contributed by atoms with E-state index in [-0.39, 0.29) is 16.6 Å². The summed E-state index contributed by atoms with van der Waals surface area (Å²) in [6.45, 7) is 2.54. The molecule has 4 rings (SSSR count). The number of carbonyl (C=O) groups is 1. The maximum Gasteiger partial charge on any atom is 0.265 e. The molecule has 1 amide bonds. The minimum Gasteiger partial charge on any atom is -0.495 e. The average molecular weight is 560 g/mol. The molecule has 1 fully saturated rings. The zero-order chi connectivity index (χ0) is 25.0. The van der Waals surface area contributed by atoms with Crippen LogP contribution in [0.2, 0.25) is 0 Å². The predicted octanol–water partition coefficient (Wildman–Crippen LogP) is 4.23. The maximum atomic E-state index is 13.0. The van der Waals surface area contributed by atoms with E-state index < -0.39 is 10.0 Å². The van der Waals surface area contributed by atoms with Crippen molar-refractivity contribution in [1.82, 2.24) is 4.90 Å². The molecule has 0 spiro atoms. The number of anilines is 2. The number of amides is 1. The van der Waals surface area contributed by atoms with Crippen molar-refractivity contribution in [2.45, 2.75) is 4.90 Å². The molecule has 8 nitrogen and oxygen atoms in total. The number of ether oxygens (including phenoxy) is 2. The van der Waals surface area contributed by atoms with Gasteiger partial charge in [-0.15, -0.1) is 0 Å². The second-order valence-corrected chi connectivity index (χ2v) is 10.5. The number of rotatable bonds is 7. The van der Waals surface area contributed by atoms with E-state index in [2.05, 4.69) is 25.6 Å². The van der Waals surface area contributed by atoms with Crippen LogP contribution in [0.3, 0.4) is 0 Å². The van der Waals surface area contributed by atoms with E-state index in [1.165, 1.54) is 13.2 Å². The van der Waals surface area contributed by atoms with Gasteiger partial charge in [0.2, 0.25) is 0 Å². The number of hydrogen-bond acceptors (Lipinski definition) is 6. The number of para-hydroxylation sites is 2. The topological polar surface area (TPSA) is 88.2 Å². The third kappa shape index (κ3) is 5.54. The molecular formula is C25H26BrN3O5S. The Morgan fingerprint density at radius 2 is 1.54 bits per heavy atom. The second-order valence-electron chi connectivity index (χ2n) is 7.93. The van der Waals surface area contributed by atoms with Crippen LogP contribution in [0.5, 0.6) is 11.5 Å². The predicted molar refractivity (Wildman–Crippen MR) is 139 cm³/mol. The minimum absolute atomic E-state index is 0.0162. The normalized spacial score (nSPS) is 13.9. The summed E-state index contributed by atoms with van der Waals surface area (Å²) < 4.78 is 39.6. The van der Waals surface area contributed by atoms with Crippen molar-refractivity contribution in [3.8, 4) is 11.5 Å². The number of piperazine rings is 1. The molecule has 35 heavy (non-hydrogen) atoms. The first-order chi connectivity index (χ1) is 16.8. The maximum absolute atomic E-state index is 13.0. The van der Waals surface area contributed by atoms with E-state index in [1.54, 1.807) is 48.4 Å². The van der Waals surface area contributed by atoms with E-state index in [1.807, 2.05) is 24.3 Å². The number of methoxy groups -OCH3 is 2. The molecule has 1 N–H and O–H groups in total. The van der Waals surface area contributed by atoms with Gasteiger partial charge in [0.05, 0.1) is 19.9 Å². The minimum atomic E-state index is -3.89. The highest BCUT2D eigenvalue weighted by molar-refractivity contribution is 9.10. The van der Waals surface area contributed by atoms with E-state index in [0.29, 0.717) is 41.9 Å². The Morgan fingerprint density at radius 1 is 0.886 bits per heavy atom. The van der Waals surface area contributed by atoms with E-state index in [0.717, 1.165) is 11.4 Å². The van der Waals surface area contributed by atoms with Gasteiger partial charge in [0.25, 0.3) is 15.9 Å². The third-order valence-corrected chi connectivity index (χ3v) is 7.69. The molecule has 3 aromatic rings. The lowest BCUT2D eigenvalue weighted by Crippen LogP contribution is -2.48. The largest absolute Gasteiger partial charge is 0.495 e. The number of halogens is 1.